The number of hydrogen-bond donors (Lipinski definition) is 4. The largest absolute Gasteiger partial charge is 0.465 e. The van der Waals surface area contributed by atoms with Crippen molar-refractivity contribution in [3.05, 3.63) is 0 Å². The van der Waals surface area contributed by atoms with Crippen LogP contribution in [0.1, 0.15) is 0 Å². The molecule has 1 saturated heterocycles. The monoisotopic (exact) mass is 208 g/mol. The number of methoxy groups -OCH3 is 1. The zero-order valence-corrected chi connectivity index (χ0v) is 7.45. The molecule has 0 aliphatic carbocycles. The molecule has 4 atom stereocenters. The first-order valence-electron chi connectivity index (χ1n) is 3.92. The number of aliphatic hydroxyl groups is 4. The lowest BCUT2D eigenvalue weighted by Gasteiger charge is -2.39. The molecule has 0 aromatic carbocycles. The molecule has 0 aromatic heterocycles. The fourth-order valence-corrected chi connectivity index (χ4v) is 1.16. The van der Waals surface area contributed by atoms with Crippen molar-refractivity contribution >= 4 is 5.97 Å². The van der Waals surface area contributed by atoms with Gasteiger partial charge in [-0.2, -0.15) is 0 Å². The third kappa shape index (κ3) is 1.60. The molecule has 0 spiro atoms. The van der Waals surface area contributed by atoms with E-state index in [1.807, 2.05) is 0 Å². The minimum atomic E-state index is -2.62. The quantitative estimate of drug-likeness (QED) is 0.338. The molecule has 7 heteroatoms. The first-order valence-corrected chi connectivity index (χ1v) is 3.92. The van der Waals surface area contributed by atoms with Gasteiger partial charge in [-0.1, -0.05) is 0 Å². The fourth-order valence-electron chi connectivity index (χ4n) is 1.16. The zero-order chi connectivity index (χ0) is 10.9. The number of aliphatic hydroxyl groups excluding tert-OH is 3. The second kappa shape index (κ2) is 3.79. The van der Waals surface area contributed by atoms with Gasteiger partial charge < -0.3 is 29.9 Å². The highest BCUT2D eigenvalue weighted by Gasteiger charge is 2.54. The van der Waals surface area contributed by atoms with Gasteiger partial charge in [-0.25, -0.2) is 4.79 Å². The standard InChI is InChI=1S/C7H12O7/c1-13-6(11)7(12)5(10)4(9)3(8)2-14-7/h3-5,8-10,12H,2H2,1H3/t3-,4+,5-,7?/m0/s1. The lowest BCUT2D eigenvalue weighted by molar-refractivity contribution is -0.312. The average Bonchev–Trinajstić information content (AvgIpc) is 2.19. The van der Waals surface area contributed by atoms with E-state index < -0.39 is 36.7 Å². The van der Waals surface area contributed by atoms with Gasteiger partial charge in [0.2, 0.25) is 0 Å². The molecule has 1 aliphatic heterocycles. The first-order chi connectivity index (χ1) is 6.43. The summed E-state index contributed by atoms with van der Waals surface area (Å²) >= 11 is 0. The molecular weight excluding hydrogens is 196 g/mol. The summed E-state index contributed by atoms with van der Waals surface area (Å²) in [6, 6.07) is 0. The number of hydrogen-bond acceptors (Lipinski definition) is 7. The summed E-state index contributed by atoms with van der Waals surface area (Å²) in [5, 5.41) is 37.0. The van der Waals surface area contributed by atoms with Gasteiger partial charge in [-0.05, 0) is 0 Å². The van der Waals surface area contributed by atoms with Crippen molar-refractivity contribution in [1.82, 2.24) is 0 Å². The molecule has 0 amide bonds. The van der Waals surface area contributed by atoms with E-state index in [1.54, 1.807) is 0 Å². The summed E-state index contributed by atoms with van der Waals surface area (Å²) in [5.41, 5.74) is 0. The van der Waals surface area contributed by atoms with Crippen LogP contribution in [0.2, 0.25) is 0 Å². The maximum Gasteiger partial charge on any atom is 0.369 e. The van der Waals surface area contributed by atoms with Crippen LogP contribution in [-0.4, -0.2) is 64.2 Å². The smallest absolute Gasteiger partial charge is 0.369 e. The fraction of sp³-hybridized carbons (Fsp3) is 0.857. The topological polar surface area (TPSA) is 116 Å². The van der Waals surface area contributed by atoms with E-state index >= 15 is 0 Å². The van der Waals surface area contributed by atoms with Gasteiger partial charge in [0.25, 0.3) is 5.79 Å². The van der Waals surface area contributed by atoms with Crippen LogP contribution in [0.3, 0.4) is 0 Å². The van der Waals surface area contributed by atoms with Gasteiger partial charge in [0.05, 0.1) is 13.7 Å². The van der Waals surface area contributed by atoms with Gasteiger partial charge in [0, 0.05) is 0 Å². The van der Waals surface area contributed by atoms with Crippen LogP contribution in [0.25, 0.3) is 0 Å². The Morgan fingerprint density at radius 3 is 2.57 bits per heavy atom. The summed E-state index contributed by atoms with van der Waals surface area (Å²) in [7, 11) is 0.994. The maximum atomic E-state index is 11.0. The van der Waals surface area contributed by atoms with Crippen molar-refractivity contribution in [3.8, 4) is 0 Å². The van der Waals surface area contributed by atoms with Crippen molar-refractivity contribution in [2.45, 2.75) is 24.1 Å². The summed E-state index contributed by atoms with van der Waals surface area (Å²) < 4.78 is 8.71. The minimum Gasteiger partial charge on any atom is -0.465 e. The predicted molar refractivity (Wildman–Crippen MR) is 40.9 cm³/mol. The molecule has 7 nitrogen and oxygen atoms in total. The van der Waals surface area contributed by atoms with Crippen LogP contribution in [-0.2, 0) is 14.3 Å². The van der Waals surface area contributed by atoms with Crippen LogP contribution < -0.4 is 0 Å². The van der Waals surface area contributed by atoms with Crippen LogP contribution >= 0.6 is 0 Å². The Bertz CT molecular complexity index is 230. The molecule has 1 aliphatic rings. The van der Waals surface area contributed by atoms with Crippen LogP contribution in [0.4, 0.5) is 0 Å². The van der Waals surface area contributed by atoms with Gasteiger partial charge in [-0.3, -0.25) is 0 Å². The Balaban J connectivity index is 2.85. The molecule has 14 heavy (non-hydrogen) atoms. The van der Waals surface area contributed by atoms with Crippen molar-refractivity contribution in [1.29, 1.82) is 0 Å². The van der Waals surface area contributed by atoms with E-state index in [9.17, 15) is 20.1 Å². The molecule has 1 unspecified atom stereocenters. The van der Waals surface area contributed by atoms with Gasteiger partial charge in [-0.15, -0.1) is 0 Å². The average molecular weight is 208 g/mol. The molecule has 0 aromatic rings. The Morgan fingerprint density at radius 2 is 2.07 bits per heavy atom. The summed E-state index contributed by atoms with van der Waals surface area (Å²) in [6.07, 6.45) is -4.96. The van der Waals surface area contributed by atoms with Crippen LogP contribution in [0.5, 0.6) is 0 Å². The second-order valence-electron chi connectivity index (χ2n) is 3.00. The normalized spacial score (nSPS) is 43.4. The molecule has 0 bridgehead atoms. The number of ether oxygens (including phenoxy) is 2. The molecule has 1 fully saturated rings. The van der Waals surface area contributed by atoms with Gasteiger partial charge in [0.15, 0.2) is 0 Å². The predicted octanol–water partition coefficient (Wildman–Crippen LogP) is -3.04. The van der Waals surface area contributed by atoms with E-state index in [1.165, 1.54) is 0 Å². The van der Waals surface area contributed by atoms with Gasteiger partial charge in [0.1, 0.15) is 18.3 Å². The highest BCUT2D eigenvalue weighted by atomic mass is 16.7. The third-order valence-corrected chi connectivity index (χ3v) is 2.07. The summed E-state index contributed by atoms with van der Waals surface area (Å²) in [5.74, 6) is -3.84. The maximum absolute atomic E-state index is 11.0. The molecule has 82 valence electrons. The van der Waals surface area contributed by atoms with E-state index in [-0.39, 0.29) is 0 Å². The lowest BCUT2D eigenvalue weighted by atomic mass is 9.97. The van der Waals surface area contributed by atoms with Crippen molar-refractivity contribution in [2.24, 2.45) is 0 Å². The highest BCUT2D eigenvalue weighted by molar-refractivity contribution is 5.78. The zero-order valence-electron chi connectivity index (χ0n) is 7.45. The van der Waals surface area contributed by atoms with E-state index in [0.717, 1.165) is 7.11 Å². The molecule has 4 N–H and O–H groups in total. The van der Waals surface area contributed by atoms with Crippen molar-refractivity contribution in [2.75, 3.05) is 13.7 Å². The van der Waals surface area contributed by atoms with Crippen molar-refractivity contribution < 1.29 is 34.7 Å². The van der Waals surface area contributed by atoms with E-state index in [0.29, 0.717) is 0 Å². The Morgan fingerprint density at radius 1 is 1.50 bits per heavy atom. The Labute approximate surface area is 79.5 Å². The summed E-state index contributed by atoms with van der Waals surface area (Å²) in [6.45, 7) is -0.468. The molecule has 0 saturated carbocycles. The van der Waals surface area contributed by atoms with E-state index in [4.69, 9.17) is 5.11 Å². The number of rotatable bonds is 1. The number of esters is 1. The van der Waals surface area contributed by atoms with Crippen LogP contribution in [0.15, 0.2) is 0 Å². The molecular formula is C7H12O7. The number of carbonyl (C=O) groups is 1. The highest BCUT2D eigenvalue weighted by Crippen LogP contribution is 2.24. The van der Waals surface area contributed by atoms with E-state index in [2.05, 4.69) is 9.47 Å². The Hall–Kier alpha value is -0.730. The van der Waals surface area contributed by atoms with Crippen molar-refractivity contribution in [3.63, 3.8) is 0 Å². The summed E-state index contributed by atoms with van der Waals surface area (Å²) in [4.78, 5) is 11.0. The molecule has 1 rings (SSSR count). The second-order valence-corrected chi connectivity index (χ2v) is 3.00. The molecule has 0 radical (unpaired) electrons. The third-order valence-electron chi connectivity index (χ3n) is 2.07. The van der Waals surface area contributed by atoms with Crippen LogP contribution in [0, 0.1) is 0 Å². The SMILES string of the molecule is COC(=O)C1(O)OC[C@H](O)[C@@H](O)[C@@H]1O. The first kappa shape index (κ1) is 11.3. The Kier molecular flexibility index (Phi) is 3.07. The minimum absolute atomic E-state index is 0.468. The number of carbonyl (C=O) groups excluding carboxylic acids is 1. The van der Waals surface area contributed by atoms with Gasteiger partial charge >= 0.3 is 5.97 Å². The lowest BCUT2D eigenvalue weighted by Crippen LogP contribution is -2.64. The molecule has 1 heterocycles.